The first kappa shape index (κ1) is 45.9. The smallest absolute Gasteiger partial charge is 0.327 e. The maximum atomic E-state index is 9.78. The van der Waals surface area contributed by atoms with E-state index in [0.717, 1.165) is 41.5 Å². The van der Waals surface area contributed by atoms with Crippen LogP contribution < -0.4 is 4.74 Å². The van der Waals surface area contributed by atoms with E-state index in [4.69, 9.17) is 30.3 Å². The average molecular weight is 633 g/mol. The largest absolute Gasteiger partial charge is 0.508 e. The Bertz CT molecular complexity index is 1170. The van der Waals surface area contributed by atoms with Crippen LogP contribution in [0.4, 0.5) is 0 Å². The van der Waals surface area contributed by atoms with E-state index in [-0.39, 0.29) is 16.9 Å². The number of carbonyl (C=O) groups is 5. The van der Waals surface area contributed by atoms with Crippen molar-refractivity contribution in [2.75, 3.05) is 6.61 Å². The van der Waals surface area contributed by atoms with Gasteiger partial charge < -0.3 is 40.5 Å². The summed E-state index contributed by atoms with van der Waals surface area (Å²) in [6.07, 6.45) is 4.17. The Morgan fingerprint density at radius 3 is 1.18 bits per heavy atom. The van der Waals surface area contributed by atoms with Gasteiger partial charge in [0.2, 0.25) is 0 Å². The van der Waals surface area contributed by atoms with Gasteiger partial charge >= 0.3 is 29.8 Å². The SMILES string of the molecule is C=CC(=O)O.C=CC(=O)O.C=CC(=O)O.C=CC(=O)O.C=CC(=O)O.CCOc1cc(C(C)(C)c2ccc(O)cc2)ccc1O. The molecule has 0 atom stereocenters. The first-order valence-corrected chi connectivity index (χ1v) is 12.3. The van der Waals surface area contributed by atoms with Crippen LogP contribution in [0.25, 0.3) is 0 Å². The molecule has 0 fully saturated rings. The Hall–Kier alpha value is -6.11. The third-order valence-corrected chi connectivity index (χ3v) is 4.44. The van der Waals surface area contributed by atoms with Crippen LogP contribution in [-0.4, -0.2) is 72.2 Å². The van der Waals surface area contributed by atoms with Gasteiger partial charge in [-0.3, -0.25) is 0 Å². The van der Waals surface area contributed by atoms with Crippen LogP contribution in [0.15, 0.2) is 106 Å². The van der Waals surface area contributed by atoms with Gasteiger partial charge in [0.15, 0.2) is 11.5 Å². The second-order valence-corrected chi connectivity index (χ2v) is 8.00. The maximum absolute atomic E-state index is 9.78. The zero-order chi connectivity index (χ0) is 36.2. The monoisotopic (exact) mass is 632 g/mol. The third kappa shape index (κ3) is 27.8. The molecule has 2 aromatic rings. The molecule has 13 heteroatoms. The Kier molecular flexibility index (Phi) is 27.3. The number of aromatic hydroxyl groups is 2. The number of carboxylic acids is 5. The molecule has 0 aliphatic heterocycles. The molecule has 0 radical (unpaired) electrons. The number of carboxylic acid groups (broad SMARTS) is 5. The molecule has 45 heavy (non-hydrogen) atoms. The van der Waals surface area contributed by atoms with Crippen molar-refractivity contribution in [1.82, 2.24) is 0 Å². The number of ether oxygens (including phenoxy) is 1. The molecule has 0 unspecified atom stereocenters. The number of phenolic OH excluding ortho intramolecular Hbond substituents is 2. The van der Waals surface area contributed by atoms with Crippen molar-refractivity contribution in [3.05, 3.63) is 117 Å². The molecule has 0 bridgehead atoms. The quantitative estimate of drug-likeness (QED) is 0.178. The summed E-state index contributed by atoms with van der Waals surface area (Å²) in [6.45, 7) is 21.4. The van der Waals surface area contributed by atoms with Gasteiger partial charge in [-0.05, 0) is 42.3 Å². The number of benzene rings is 2. The van der Waals surface area contributed by atoms with Crippen LogP contribution >= 0.6 is 0 Å². The molecule has 0 heterocycles. The van der Waals surface area contributed by atoms with Gasteiger partial charge in [-0.1, -0.05) is 64.9 Å². The molecule has 13 nitrogen and oxygen atoms in total. The summed E-state index contributed by atoms with van der Waals surface area (Å²) in [6, 6.07) is 12.6. The van der Waals surface area contributed by atoms with E-state index in [1.807, 2.05) is 31.2 Å². The molecule has 7 N–H and O–H groups in total. The fourth-order valence-corrected chi connectivity index (χ4v) is 2.22. The van der Waals surface area contributed by atoms with Crippen molar-refractivity contribution in [3.8, 4) is 17.2 Å². The highest BCUT2D eigenvalue weighted by Crippen LogP contribution is 2.37. The molecule has 0 aliphatic rings. The third-order valence-electron chi connectivity index (χ3n) is 4.44. The molecule has 0 saturated heterocycles. The van der Waals surface area contributed by atoms with E-state index < -0.39 is 29.8 Å². The molecule has 0 saturated carbocycles. The second kappa shape index (κ2) is 26.8. The molecule has 0 aliphatic carbocycles. The van der Waals surface area contributed by atoms with Gasteiger partial charge in [-0.25, -0.2) is 24.0 Å². The van der Waals surface area contributed by atoms with E-state index in [1.54, 1.807) is 18.2 Å². The van der Waals surface area contributed by atoms with Crippen LogP contribution in [0.5, 0.6) is 17.2 Å². The topological polar surface area (TPSA) is 236 Å². The summed E-state index contributed by atoms with van der Waals surface area (Å²) in [5.74, 6) is -4.01. The van der Waals surface area contributed by atoms with Crippen LogP contribution in [0.2, 0.25) is 0 Å². The molecule has 2 rings (SSSR count). The number of aliphatic carboxylic acids is 5. The van der Waals surface area contributed by atoms with Gasteiger partial charge in [0.05, 0.1) is 6.61 Å². The Morgan fingerprint density at radius 2 is 0.911 bits per heavy atom. The number of phenols is 2. The summed E-state index contributed by atoms with van der Waals surface area (Å²) in [5, 5.41) is 57.2. The van der Waals surface area contributed by atoms with Gasteiger partial charge in [0, 0.05) is 35.8 Å². The predicted molar refractivity (Wildman–Crippen MR) is 169 cm³/mol. The minimum Gasteiger partial charge on any atom is -0.508 e. The fourth-order valence-electron chi connectivity index (χ4n) is 2.22. The van der Waals surface area contributed by atoms with Crippen molar-refractivity contribution in [3.63, 3.8) is 0 Å². The lowest BCUT2D eigenvalue weighted by atomic mass is 9.78. The first-order valence-electron chi connectivity index (χ1n) is 12.3. The van der Waals surface area contributed by atoms with E-state index in [9.17, 15) is 34.2 Å². The van der Waals surface area contributed by atoms with E-state index in [1.165, 1.54) is 0 Å². The highest BCUT2D eigenvalue weighted by molar-refractivity contribution is 5.80. The zero-order valence-electron chi connectivity index (χ0n) is 25.3. The van der Waals surface area contributed by atoms with Crippen molar-refractivity contribution < 1.29 is 64.5 Å². The van der Waals surface area contributed by atoms with Gasteiger partial charge in [0.1, 0.15) is 5.75 Å². The first-order chi connectivity index (χ1) is 20.8. The average Bonchev–Trinajstić information content (AvgIpc) is 2.99. The lowest BCUT2D eigenvalue weighted by molar-refractivity contribution is -0.132. The molecule has 0 amide bonds. The molecule has 0 spiro atoms. The summed E-state index contributed by atoms with van der Waals surface area (Å²) in [5.41, 5.74) is 1.89. The van der Waals surface area contributed by atoms with E-state index in [0.29, 0.717) is 12.4 Å². The summed E-state index contributed by atoms with van der Waals surface area (Å²) < 4.78 is 5.44. The van der Waals surface area contributed by atoms with Crippen LogP contribution in [0.1, 0.15) is 31.9 Å². The lowest BCUT2D eigenvalue weighted by Gasteiger charge is -2.26. The van der Waals surface area contributed by atoms with Crippen LogP contribution in [-0.2, 0) is 29.4 Å². The summed E-state index contributed by atoms with van der Waals surface area (Å²) in [4.78, 5) is 46.2. The Labute approximate surface area is 261 Å². The molecular weight excluding hydrogens is 592 g/mol. The van der Waals surface area contributed by atoms with Crippen molar-refractivity contribution >= 4 is 29.8 Å². The zero-order valence-corrected chi connectivity index (χ0v) is 25.3. The predicted octanol–water partition coefficient (Wildman–Crippen LogP) is 5.11. The van der Waals surface area contributed by atoms with Gasteiger partial charge in [-0.2, -0.15) is 0 Å². The van der Waals surface area contributed by atoms with Gasteiger partial charge in [0.25, 0.3) is 0 Å². The molecular formula is C32H40O13. The maximum Gasteiger partial charge on any atom is 0.327 e. The highest BCUT2D eigenvalue weighted by Gasteiger charge is 2.24. The lowest BCUT2D eigenvalue weighted by Crippen LogP contribution is -2.18. The Balaban J connectivity index is -0.000000275. The fraction of sp³-hybridized carbons (Fsp3) is 0.156. The Morgan fingerprint density at radius 1 is 0.622 bits per heavy atom. The molecule has 2 aromatic carbocycles. The van der Waals surface area contributed by atoms with Gasteiger partial charge in [-0.15, -0.1) is 0 Å². The van der Waals surface area contributed by atoms with Crippen LogP contribution in [0.3, 0.4) is 0 Å². The second-order valence-electron chi connectivity index (χ2n) is 8.00. The summed E-state index contributed by atoms with van der Waals surface area (Å²) in [7, 11) is 0. The summed E-state index contributed by atoms with van der Waals surface area (Å²) >= 11 is 0. The minimum atomic E-state index is -0.981. The van der Waals surface area contributed by atoms with Crippen molar-refractivity contribution in [2.24, 2.45) is 0 Å². The molecule has 0 aromatic heterocycles. The van der Waals surface area contributed by atoms with E-state index >= 15 is 0 Å². The number of rotatable bonds is 9. The van der Waals surface area contributed by atoms with Crippen molar-refractivity contribution in [1.29, 1.82) is 0 Å². The number of hydrogen-bond donors (Lipinski definition) is 7. The molecule has 246 valence electrons. The minimum absolute atomic E-state index is 0.150. The number of hydrogen-bond acceptors (Lipinski definition) is 8. The van der Waals surface area contributed by atoms with Crippen molar-refractivity contribution in [2.45, 2.75) is 26.2 Å². The highest BCUT2D eigenvalue weighted by atomic mass is 16.5. The van der Waals surface area contributed by atoms with E-state index in [2.05, 4.69) is 46.7 Å². The standard InChI is InChI=1S/C17H20O3.5C3H4O2/c1-4-20-16-11-13(7-10-15(16)19)17(2,3)12-5-8-14(18)9-6-12;5*1-2-3(4)5/h5-11,18-19H,4H2,1-3H3;5*2H,1H2,(H,4,5). The normalized spacial score (nSPS) is 8.60. The van der Waals surface area contributed by atoms with Crippen LogP contribution in [0, 0.1) is 0 Å².